The number of aliphatic hydroxyl groups is 2. The Kier molecular flexibility index (Phi) is 4.02. The molecule has 0 unspecified atom stereocenters. The summed E-state index contributed by atoms with van der Waals surface area (Å²) in [5.41, 5.74) is 3.80. The molecule has 1 aliphatic rings. The molecular weight excluding hydrogens is 270 g/mol. The van der Waals surface area contributed by atoms with Gasteiger partial charge in [0, 0.05) is 24.6 Å². The van der Waals surface area contributed by atoms with Gasteiger partial charge in [-0.3, -0.25) is 19.1 Å². The van der Waals surface area contributed by atoms with Gasteiger partial charge in [-0.25, -0.2) is 4.79 Å². The van der Waals surface area contributed by atoms with Crippen LogP contribution in [-0.4, -0.2) is 44.5 Å². The maximum Gasteiger partial charge on any atom is 0.330 e. The highest BCUT2D eigenvalue weighted by Gasteiger charge is 2.45. The van der Waals surface area contributed by atoms with Gasteiger partial charge in [0.15, 0.2) is 0 Å². The number of hydrogen-bond acceptors (Lipinski definition) is 6. The Balaban J connectivity index is 2.39. The van der Waals surface area contributed by atoms with Crippen LogP contribution in [0.25, 0.3) is 0 Å². The molecule has 1 saturated heterocycles. The number of hydrogen-bond donors (Lipinski definition) is 4. The molecule has 1 aromatic heterocycles. The number of nitrogens with two attached hydrogens (primary N) is 1. The Hall–Kier alpha value is -1.97. The van der Waals surface area contributed by atoms with Crippen LogP contribution < -0.4 is 17.0 Å². The first-order chi connectivity index (χ1) is 9.43. The molecule has 4 atom stereocenters. The summed E-state index contributed by atoms with van der Waals surface area (Å²) in [6.45, 7) is -0.467. The van der Waals surface area contributed by atoms with Crippen LogP contribution in [-0.2, 0) is 9.53 Å². The first kappa shape index (κ1) is 14.4. The van der Waals surface area contributed by atoms with Crippen molar-refractivity contribution in [2.75, 3.05) is 6.61 Å². The number of ether oxygens (including phenoxy) is 1. The Morgan fingerprint density at radius 3 is 2.75 bits per heavy atom. The zero-order valence-electron chi connectivity index (χ0n) is 10.4. The summed E-state index contributed by atoms with van der Waals surface area (Å²) in [5.74, 6) is -1.45. The molecule has 5 N–H and O–H groups in total. The van der Waals surface area contributed by atoms with E-state index in [1.165, 1.54) is 6.20 Å². The standard InChI is InChI=1S/C11H15N3O6/c12-7(16)3-5-9(18)6(4-15)20-10(5)14-2-1-8(17)13-11(14)19/h1-2,5-6,9-10,15,18H,3-4H2,(H2,12,16)(H,13,17,19)/t5-,6-,9+,10-/m1/s1. The molecule has 1 fully saturated rings. The number of aromatic nitrogens is 2. The number of nitrogens with one attached hydrogen (secondary N) is 1. The van der Waals surface area contributed by atoms with E-state index >= 15 is 0 Å². The lowest BCUT2D eigenvalue weighted by atomic mass is 9.96. The number of carbonyl (C=O) groups is 1. The average Bonchev–Trinajstić information content (AvgIpc) is 2.66. The van der Waals surface area contributed by atoms with E-state index in [1.54, 1.807) is 0 Å². The zero-order valence-corrected chi connectivity index (χ0v) is 10.4. The highest BCUT2D eigenvalue weighted by Crippen LogP contribution is 2.35. The van der Waals surface area contributed by atoms with E-state index in [1.807, 2.05) is 4.98 Å². The van der Waals surface area contributed by atoms with Crippen LogP contribution in [0.2, 0.25) is 0 Å². The van der Waals surface area contributed by atoms with Crippen molar-refractivity contribution in [3.63, 3.8) is 0 Å². The third-order valence-electron chi connectivity index (χ3n) is 3.24. The smallest absolute Gasteiger partial charge is 0.330 e. The lowest BCUT2D eigenvalue weighted by molar-refractivity contribution is -0.120. The van der Waals surface area contributed by atoms with Gasteiger partial charge in [0.05, 0.1) is 12.7 Å². The molecule has 1 aromatic rings. The molecule has 110 valence electrons. The van der Waals surface area contributed by atoms with E-state index < -0.39 is 48.1 Å². The molecule has 0 aromatic carbocycles. The van der Waals surface area contributed by atoms with Crippen molar-refractivity contribution in [2.45, 2.75) is 24.9 Å². The Morgan fingerprint density at radius 2 is 2.20 bits per heavy atom. The highest BCUT2D eigenvalue weighted by atomic mass is 16.5. The minimum Gasteiger partial charge on any atom is -0.394 e. The lowest BCUT2D eigenvalue weighted by Gasteiger charge is -2.20. The van der Waals surface area contributed by atoms with Gasteiger partial charge in [0.2, 0.25) is 5.91 Å². The second-order valence-corrected chi connectivity index (χ2v) is 4.59. The van der Waals surface area contributed by atoms with Crippen molar-refractivity contribution in [1.82, 2.24) is 9.55 Å². The fraction of sp³-hybridized carbons (Fsp3) is 0.545. The van der Waals surface area contributed by atoms with Crippen molar-refractivity contribution >= 4 is 5.91 Å². The fourth-order valence-electron chi connectivity index (χ4n) is 2.31. The second-order valence-electron chi connectivity index (χ2n) is 4.59. The topological polar surface area (TPSA) is 148 Å². The molecule has 1 amide bonds. The van der Waals surface area contributed by atoms with E-state index in [4.69, 9.17) is 15.6 Å². The average molecular weight is 285 g/mol. The van der Waals surface area contributed by atoms with E-state index in [9.17, 15) is 19.5 Å². The van der Waals surface area contributed by atoms with Crippen LogP contribution in [0.3, 0.4) is 0 Å². The van der Waals surface area contributed by atoms with Crippen LogP contribution >= 0.6 is 0 Å². The fourth-order valence-corrected chi connectivity index (χ4v) is 2.31. The van der Waals surface area contributed by atoms with Crippen molar-refractivity contribution in [3.8, 4) is 0 Å². The van der Waals surface area contributed by atoms with Crippen molar-refractivity contribution < 1.29 is 19.7 Å². The molecule has 0 aliphatic carbocycles. The summed E-state index contributed by atoms with van der Waals surface area (Å²) in [6.07, 6.45) is -2.07. The summed E-state index contributed by atoms with van der Waals surface area (Å²) in [7, 11) is 0. The third-order valence-corrected chi connectivity index (χ3v) is 3.24. The molecule has 2 rings (SSSR count). The largest absolute Gasteiger partial charge is 0.394 e. The maximum atomic E-state index is 11.7. The molecule has 0 spiro atoms. The zero-order chi connectivity index (χ0) is 14.9. The minimum atomic E-state index is -1.14. The SMILES string of the molecule is NC(=O)C[C@@H]1[C@H](O)[C@@H](CO)O[C@H]1n1ccc(=O)[nH]c1=O. The van der Waals surface area contributed by atoms with Crippen LogP contribution in [0, 0.1) is 5.92 Å². The van der Waals surface area contributed by atoms with Crippen molar-refractivity contribution in [1.29, 1.82) is 0 Å². The number of primary amides is 1. The van der Waals surface area contributed by atoms with Crippen LogP contribution in [0.4, 0.5) is 0 Å². The normalized spacial score (nSPS) is 29.5. The van der Waals surface area contributed by atoms with Gasteiger partial charge in [-0.05, 0) is 0 Å². The van der Waals surface area contributed by atoms with Gasteiger partial charge >= 0.3 is 5.69 Å². The Morgan fingerprint density at radius 1 is 1.50 bits per heavy atom. The van der Waals surface area contributed by atoms with E-state index in [2.05, 4.69) is 0 Å². The molecule has 0 saturated carbocycles. The molecule has 0 bridgehead atoms. The van der Waals surface area contributed by atoms with Gasteiger partial charge in [0.1, 0.15) is 12.3 Å². The number of H-pyrrole nitrogens is 1. The molecular formula is C11H15N3O6. The number of carbonyl (C=O) groups excluding carboxylic acids is 1. The minimum absolute atomic E-state index is 0.214. The molecule has 9 nitrogen and oxygen atoms in total. The quantitative estimate of drug-likeness (QED) is 0.472. The summed E-state index contributed by atoms with van der Waals surface area (Å²) in [5, 5.41) is 19.1. The van der Waals surface area contributed by atoms with Gasteiger partial charge in [-0.1, -0.05) is 0 Å². The first-order valence-electron chi connectivity index (χ1n) is 5.98. The van der Waals surface area contributed by atoms with Crippen LogP contribution in [0.1, 0.15) is 12.6 Å². The predicted molar refractivity (Wildman–Crippen MR) is 65.6 cm³/mol. The monoisotopic (exact) mass is 285 g/mol. The number of amides is 1. The number of aliphatic hydroxyl groups excluding tert-OH is 2. The van der Waals surface area contributed by atoms with Crippen LogP contribution in [0.5, 0.6) is 0 Å². The number of aromatic amines is 1. The summed E-state index contributed by atoms with van der Waals surface area (Å²) in [4.78, 5) is 35.9. The third kappa shape index (κ3) is 2.64. The Labute approximate surface area is 112 Å². The number of nitrogens with zero attached hydrogens (tertiary/aromatic N) is 1. The molecule has 1 aliphatic heterocycles. The van der Waals surface area contributed by atoms with E-state index in [0.717, 1.165) is 10.6 Å². The van der Waals surface area contributed by atoms with Gasteiger partial charge in [-0.2, -0.15) is 0 Å². The van der Waals surface area contributed by atoms with Gasteiger partial charge < -0.3 is 20.7 Å². The van der Waals surface area contributed by atoms with Crippen molar-refractivity contribution in [3.05, 3.63) is 33.1 Å². The lowest BCUT2D eigenvalue weighted by Crippen LogP contribution is -2.36. The van der Waals surface area contributed by atoms with E-state index in [-0.39, 0.29) is 6.42 Å². The first-order valence-corrected chi connectivity index (χ1v) is 5.98. The molecule has 9 heteroatoms. The maximum absolute atomic E-state index is 11.7. The number of rotatable bonds is 4. The Bertz CT molecular complexity index is 609. The van der Waals surface area contributed by atoms with E-state index in [0.29, 0.717) is 0 Å². The second kappa shape index (κ2) is 5.57. The highest BCUT2D eigenvalue weighted by molar-refractivity contribution is 5.74. The molecule has 0 radical (unpaired) electrons. The summed E-state index contributed by atoms with van der Waals surface area (Å²) >= 11 is 0. The summed E-state index contributed by atoms with van der Waals surface area (Å²) < 4.78 is 6.43. The van der Waals surface area contributed by atoms with Crippen molar-refractivity contribution in [2.24, 2.45) is 11.7 Å². The predicted octanol–water partition coefficient (Wildman–Crippen LogP) is -2.72. The molecule has 2 heterocycles. The van der Waals surface area contributed by atoms with Gasteiger partial charge in [0.25, 0.3) is 5.56 Å². The summed E-state index contributed by atoms with van der Waals surface area (Å²) in [6, 6.07) is 1.12. The van der Waals surface area contributed by atoms with Gasteiger partial charge in [-0.15, -0.1) is 0 Å². The molecule has 20 heavy (non-hydrogen) atoms. The van der Waals surface area contributed by atoms with Crippen LogP contribution in [0.15, 0.2) is 21.9 Å².